The van der Waals surface area contributed by atoms with Crippen LogP contribution in [0.4, 0.5) is 0 Å². The van der Waals surface area contributed by atoms with Crippen molar-refractivity contribution in [3.05, 3.63) is 76.4 Å². The topological polar surface area (TPSA) is 87.0 Å². The summed E-state index contributed by atoms with van der Waals surface area (Å²) in [6, 6.07) is 8.09. The van der Waals surface area contributed by atoms with Crippen molar-refractivity contribution in [2.45, 2.75) is 52.2 Å². The molecule has 0 saturated heterocycles. The van der Waals surface area contributed by atoms with Crippen LogP contribution in [0.3, 0.4) is 0 Å². The maximum absolute atomic E-state index is 12.6. The van der Waals surface area contributed by atoms with Gasteiger partial charge in [0.1, 0.15) is 23.4 Å². The largest absolute Gasteiger partial charge is 0.508 e. The fourth-order valence-corrected chi connectivity index (χ4v) is 3.48. The number of carbonyl (C=O) groups excluding carboxylic acids is 1. The molecular formula is C25H28O5. The van der Waals surface area contributed by atoms with Crippen LogP contribution in [0.2, 0.25) is 0 Å². The number of phenolic OH excluding ortho intramolecular Hbond substituents is 2. The van der Waals surface area contributed by atoms with E-state index in [1.807, 2.05) is 26.0 Å². The summed E-state index contributed by atoms with van der Waals surface area (Å²) in [7, 11) is 0. The van der Waals surface area contributed by atoms with E-state index in [1.54, 1.807) is 19.1 Å². The van der Waals surface area contributed by atoms with E-state index in [0.717, 1.165) is 11.1 Å². The second-order valence-corrected chi connectivity index (χ2v) is 8.15. The number of hydrogen-bond donors (Lipinski definition) is 3. The van der Waals surface area contributed by atoms with Crippen molar-refractivity contribution in [2.24, 2.45) is 0 Å². The highest BCUT2D eigenvalue weighted by molar-refractivity contribution is 6.00. The molecule has 1 aliphatic heterocycles. The lowest BCUT2D eigenvalue weighted by Crippen LogP contribution is -2.21. The standard InChI is InChI=1S/C25H28O5/c1-14(2)5-6-16-9-17(10-18(25(16)29)11-21(27)15(3)4)23-13-22(28)20-8-7-19(26)12-24(20)30-23/h5,7-10,12,21,23,26-27,29H,3,6,11,13H2,1-2,4H3/t21-,23-/m0/s1. The first-order chi connectivity index (χ1) is 14.2. The van der Waals surface area contributed by atoms with Crippen LogP contribution in [0.25, 0.3) is 0 Å². The predicted molar refractivity (Wildman–Crippen MR) is 116 cm³/mol. The van der Waals surface area contributed by atoms with Crippen LogP contribution in [0.1, 0.15) is 60.3 Å². The van der Waals surface area contributed by atoms with E-state index in [0.29, 0.717) is 34.4 Å². The Balaban J connectivity index is 2.02. The van der Waals surface area contributed by atoms with E-state index in [-0.39, 0.29) is 30.1 Å². The summed E-state index contributed by atoms with van der Waals surface area (Å²) in [5.74, 6) is 0.446. The molecule has 0 aliphatic carbocycles. The van der Waals surface area contributed by atoms with Crippen molar-refractivity contribution in [2.75, 3.05) is 0 Å². The molecule has 1 heterocycles. The maximum Gasteiger partial charge on any atom is 0.170 e. The highest BCUT2D eigenvalue weighted by atomic mass is 16.5. The Bertz CT molecular complexity index is 1010. The van der Waals surface area contributed by atoms with Crippen LogP contribution in [-0.2, 0) is 12.8 Å². The Kier molecular flexibility index (Phi) is 6.32. The summed E-state index contributed by atoms with van der Waals surface area (Å²) in [4.78, 5) is 12.6. The molecule has 0 spiro atoms. The molecule has 0 bridgehead atoms. The number of phenols is 2. The van der Waals surface area contributed by atoms with E-state index in [9.17, 15) is 20.1 Å². The molecule has 3 N–H and O–H groups in total. The first-order valence-electron chi connectivity index (χ1n) is 10.00. The number of ketones is 1. The van der Waals surface area contributed by atoms with Gasteiger partial charge in [-0.2, -0.15) is 0 Å². The molecule has 158 valence electrons. The number of carbonyl (C=O) groups is 1. The molecule has 2 aromatic carbocycles. The molecule has 5 nitrogen and oxygen atoms in total. The van der Waals surface area contributed by atoms with Crippen molar-refractivity contribution in [3.8, 4) is 17.2 Å². The van der Waals surface area contributed by atoms with Crippen molar-refractivity contribution in [3.63, 3.8) is 0 Å². The van der Waals surface area contributed by atoms with Gasteiger partial charge in [0.2, 0.25) is 0 Å². The van der Waals surface area contributed by atoms with Crippen molar-refractivity contribution >= 4 is 5.78 Å². The Morgan fingerprint density at radius 2 is 1.90 bits per heavy atom. The van der Waals surface area contributed by atoms with Gasteiger partial charge in [-0.3, -0.25) is 4.79 Å². The zero-order chi connectivity index (χ0) is 22.0. The Morgan fingerprint density at radius 1 is 1.20 bits per heavy atom. The van der Waals surface area contributed by atoms with Gasteiger partial charge in [0.05, 0.1) is 18.1 Å². The van der Waals surface area contributed by atoms with Crippen LogP contribution in [-0.4, -0.2) is 27.2 Å². The minimum atomic E-state index is -0.783. The lowest BCUT2D eigenvalue weighted by Gasteiger charge is -2.27. The first-order valence-corrected chi connectivity index (χ1v) is 10.00. The van der Waals surface area contributed by atoms with Gasteiger partial charge >= 0.3 is 0 Å². The fraction of sp³-hybridized carbons (Fsp3) is 0.320. The molecule has 0 amide bonds. The molecule has 0 fully saturated rings. The van der Waals surface area contributed by atoms with Crippen LogP contribution in [0, 0.1) is 0 Å². The van der Waals surface area contributed by atoms with Gasteiger partial charge in [0.15, 0.2) is 5.78 Å². The van der Waals surface area contributed by atoms with Gasteiger partial charge in [-0.25, -0.2) is 0 Å². The number of aliphatic hydroxyl groups excluding tert-OH is 1. The van der Waals surface area contributed by atoms with Gasteiger partial charge in [-0.05, 0) is 68.1 Å². The average molecular weight is 408 g/mol. The molecular weight excluding hydrogens is 380 g/mol. The lowest BCUT2D eigenvalue weighted by molar-refractivity contribution is 0.0849. The predicted octanol–water partition coefficient (Wildman–Crippen LogP) is 4.79. The summed E-state index contributed by atoms with van der Waals surface area (Å²) < 4.78 is 6.04. The third-order valence-electron chi connectivity index (χ3n) is 5.28. The summed E-state index contributed by atoms with van der Waals surface area (Å²) in [6.45, 7) is 9.49. The molecule has 1 aliphatic rings. The monoisotopic (exact) mass is 408 g/mol. The van der Waals surface area contributed by atoms with E-state index >= 15 is 0 Å². The van der Waals surface area contributed by atoms with Gasteiger partial charge in [0, 0.05) is 12.5 Å². The summed E-state index contributed by atoms with van der Waals surface area (Å²) >= 11 is 0. The number of benzene rings is 2. The number of ether oxygens (including phenoxy) is 1. The zero-order valence-corrected chi connectivity index (χ0v) is 17.6. The fourth-order valence-electron chi connectivity index (χ4n) is 3.48. The third-order valence-corrected chi connectivity index (χ3v) is 5.28. The summed E-state index contributed by atoms with van der Waals surface area (Å²) in [5, 5.41) is 30.8. The molecule has 3 rings (SSSR count). The van der Waals surface area contributed by atoms with Gasteiger partial charge < -0.3 is 20.1 Å². The average Bonchev–Trinajstić information content (AvgIpc) is 2.67. The number of Topliss-reactive ketones (excluding diaryl/α,β-unsaturated/α-hetero) is 1. The first kappa shape index (κ1) is 21.7. The summed E-state index contributed by atoms with van der Waals surface area (Å²) in [5.41, 5.74) is 4.21. The van der Waals surface area contributed by atoms with E-state index in [2.05, 4.69) is 6.58 Å². The van der Waals surface area contributed by atoms with Crippen LogP contribution < -0.4 is 4.74 Å². The lowest BCUT2D eigenvalue weighted by atomic mass is 9.90. The van der Waals surface area contributed by atoms with Crippen LogP contribution in [0.5, 0.6) is 17.2 Å². The smallest absolute Gasteiger partial charge is 0.170 e. The number of aromatic hydroxyl groups is 2. The second kappa shape index (κ2) is 8.76. The van der Waals surface area contributed by atoms with Gasteiger partial charge in [0.25, 0.3) is 0 Å². The van der Waals surface area contributed by atoms with Gasteiger partial charge in [-0.1, -0.05) is 23.8 Å². The molecule has 0 aromatic heterocycles. The molecule has 0 radical (unpaired) electrons. The number of rotatable bonds is 6. The molecule has 2 atom stereocenters. The minimum absolute atomic E-state index is 0.0300. The molecule has 30 heavy (non-hydrogen) atoms. The Labute approximate surface area is 177 Å². The van der Waals surface area contributed by atoms with Gasteiger partial charge in [-0.15, -0.1) is 0 Å². The van der Waals surface area contributed by atoms with E-state index < -0.39 is 12.2 Å². The minimum Gasteiger partial charge on any atom is -0.508 e. The maximum atomic E-state index is 12.6. The quantitative estimate of drug-likeness (QED) is 0.598. The second-order valence-electron chi connectivity index (χ2n) is 8.15. The Morgan fingerprint density at radius 3 is 2.57 bits per heavy atom. The number of hydrogen-bond acceptors (Lipinski definition) is 5. The van der Waals surface area contributed by atoms with Crippen molar-refractivity contribution in [1.29, 1.82) is 0 Å². The van der Waals surface area contributed by atoms with Crippen molar-refractivity contribution in [1.82, 2.24) is 0 Å². The van der Waals surface area contributed by atoms with Crippen molar-refractivity contribution < 1.29 is 24.9 Å². The molecule has 0 unspecified atom stereocenters. The summed E-state index contributed by atoms with van der Waals surface area (Å²) in [6.07, 6.45) is 1.59. The number of allylic oxidation sites excluding steroid dienone is 2. The SMILES string of the molecule is C=C(C)[C@@H](O)Cc1cc([C@@H]2CC(=O)c3ccc(O)cc3O2)cc(CC=C(C)C)c1O. The normalized spacial score (nSPS) is 16.4. The third kappa shape index (κ3) is 4.74. The zero-order valence-electron chi connectivity index (χ0n) is 17.6. The molecule has 0 saturated carbocycles. The number of aliphatic hydroxyl groups is 1. The van der Waals surface area contributed by atoms with Crippen LogP contribution >= 0.6 is 0 Å². The Hall–Kier alpha value is -3.05. The highest BCUT2D eigenvalue weighted by Crippen LogP contribution is 2.39. The highest BCUT2D eigenvalue weighted by Gasteiger charge is 2.29. The molecule has 2 aromatic rings. The molecule has 5 heteroatoms. The van der Waals surface area contributed by atoms with E-state index in [1.165, 1.54) is 12.1 Å². The number of fused-ring (bicyclic) bond motifs is 1. The van der Waals surface area contributed by atoms with E-state index in [4.69, 9.17) is 4.74 Å². The van der Waals surface area contributed by atoms with Crippen LogP contribution in [0.15, 0.2) is 54.1 Å².